The highest BCUT2D eigenvalue weighted by Crippen LogP contribution is 2.17. The van der Waals surface area contributed by atoms with Crippen molar-refractivity contribution in [2.24, 2.45) is 0 Å². The number of amides is 1. The van der Waals surface area contributed by atoms with Crippen LogP contribution >= 0.6 is 0 Å². The standard InChI is InChI=1S/C13H15N3O2/c1-8(17)3-6-13(18)16-10-4-5-11-12(7-10)15-9(2)14-11/h4-5,7H,3,6H2,1-2H3,(H,14,15)(H,16,18). The van der Waals surface area contributed by atoms with Gasteiger partial charge in [-0.2, -0.15) is 0 Å². The second kappa shape index (κ2) is 5.00. The Morgan fingerprint density at radius 1 is 1.33 bits per heavy atom. The topological polar surface area (TPSA) is 74.8 Å². The number of rotatable bonds is 4. The molecule has 0 unspecified atom stereocenters. The number of aromatic nitrogens is 2. The number of nitrogens with zero attached hydrogens (tertiary/aromatic N) is 1. The molecule has 1 amide bonds. The number of aryl methyl sites for hydroxylation is 1. The minimum Gasteiger partial charge on any atom is -0.342 e. The lowest BCUT2D eigenvalue weighted by Gasteiger charge is -2.04. The smallest absolute Gasteiger partial charge is 0.224 e. The third-order valence-corrected chi connectivity index (χ3v) is 2.59. The van der Waals surface area contributed by atoms with E-state index in [0.717, 1.165) is 16.9 Å². The van der Waals surface area contributed by atoms with E-state index in [9.17, 15) is 9.59 Å². The first-order chi connectivity index (χ1) is 8.54. The van der Waals surface area contributed by atoms with E-state index in [0.29, 0.717) is 5.69 Å². The summed E-state index contributed by atoms with van der Waals surface area (Å²) in [6, 6.07) is 5.48. The molecule has 0 saturated heterocycles. The summed E-state index contributed by atoms with van der Waals surface area (Å²) in [7, 11) is 0. The fourth-order valence-corrected chi connectivity index (χ4v) is 1.73. The predicted octanol–water partition coefficient (Wildman–Crippen LogP) is 2.18. The maximum Gasteiger partial charge on any atom is 0.224 e. The van der Waals surface area contributed by atoms with Crippen LogP contribution < -0.4 is 5.32 Å². The van der Waals surface area contributed by atoms with Gasteiger partial charge in [-0.3, -0.25) is 4.79 Å². The summed E-state index contributed by atoms with van der Waals surface area (Å²) in [5.74, 6) is 0.704. The van der Waals surface area contributed by atoms with Crippen molar-refractivity contribution in [3.05, 3.63) is 24.0 Å². The van der Waals surface area contributed by atoms with Crippen LogP contribution in [0.15, 0.2) is 18.2 Å². The highest BCUT2D eigenvalue weighted by molar-refractivity contribution is 5.94. The Morgan fingerprint density at radius 3 is 2.83 bits per heavy atom. The van der Waals surface area contributed by atoms with Crippen molar-refractivity contribution < 1.29 is 9.59 Å². The number of carbonyl (C=O) groups excluding carboxylic acids is 2. The predicted molar refractivity (Wildman–Crippen MR) is 69.4 cm³/mol. The molecule has 5 nitrogen and oxygen atoms in total. The normalized spacial score (nSPS) is 10.6. The first-order valence-corrected chi connectivity index (χ1v) is 5.80. The van der Waals surface area contributed by atoms with Gasteiger partial charge < -0.3 is 15.1 Å². The van der Waals surface area contributed by atoms with Gasteiger partial charge in [-0.1, -0.05) is 0 Å². The van der Waals surface area contributed by atoms with Crippen LogP contribution in [-0.2, 0) is 9.59 Å². The fraction of sp³-hybridized carbons (Fsp3) is 0.308. The Hall–Kier alpha value is -2.17. The minimum absolute atomic E-state index is 0.0183. The highest BCUT2D eigenvalue weighted by atomic mass is 16.2. The molecule has 2 N–H and O–H groups in total. The molecule has 0 saturated carbocycles. The van der Waals surface area contributed by atoms with Crippen LogP contribution in [0.4, 0.5) is 5.69 Å². The summed E-state index contributed by atoms with van der Waals surface area (Å²) in [6.45, 7) is 3.36. The minimum atomic E-state index is -0.152. The third kappa shape index (κ3) is 2.94. The van der Waals surface area contributed by atoms with Crippen molar-refractivity contribution in [1.82, 2.24) is 9.97 Å². The van der Waals surface area contributed by atoms with Crippen LogP contribution in [0.1, 0.15) is 25.6 Å². The van der Waals surface area contributed by atoms with Crippen molar-refractivity contribution >= 4 is 28.4 Å². The van der Waals surface area contributed by atoms with Gasteiger partial charge in [-0.25, -0.2) is 4.98 Å². The number of benzene rings is 1. The first kappa shape index (κ1) is 12.3. The second-order valence-electron chi connectivity index (χ2n) is 4.30. The van der Waals surface area contributed by atoms with Crippen LogP contribution in [-0.4, -0.2) is 21.7 Å². The molecule has 0 fully saturated rings. The average Bonchev–Trinajstić information content (AvgIpc) is 2.66. The summed E-state index contributed by atoms with van der Waals surface area (Å²) in [6.07, 6.45) is 0.493. The molecular weight excluding hydrogens is 230 g/mol. The molecule has 2 aromatic rings. The van der Waals surface area contributed by atoms with Crippen molar-refractivity contribution in [1.29, 1.82) is 0 Å². The zero-order valence-corrected chi connectivity index (χ0v) is 10.4. The number of hydrogen-bond donors (Lipinski definition) is 2. The van der Waals surface area contributed by atoms with Gasteiger partial charge in [0.25, 0.3) is 0 Å². The lowest BCUT2D eigenvalue weighted by molar-refractivity contribution is -0.121. The van der Waals surface area contributed by atoms with E-state index in [4.69, 9.17) is 0 Å². The second-order valence-corrected chi connectivity index (χ2v) is 4.30. The van der Waals surface area contributed by atoms with Gasteiger partial charge in [-0.15, -0.1) is 0 Å². The number of hydrogen-bond acceptors (Lipinski definition) is 3. The fourth-order valence-electron chi connectivity index (χ4n) is 1.73. The molecule has 0 atom stereocenters. The molecule has 0 aliphatic carbocycles. The number of nitrogens with one attached hydrogen (secondary N) is 2. The van der Waals surface area contributed by atoms with Crippen LogP contribution in [0.5, 0.6) is 0 Å². The summed E-state index contributed by atoms with van der Waals surface area (Å²) >= 11 is 0. The molecule has 1 heterocycles. The van der Waals surface area contributed by atoms with Gasteiger partial charge in [0.1, 0.15) is 11.6 Å². The van der Waals surface area contributed by atoms with Crippen molar-refractivity contribution in [2.45, 2.75) is 26.7 Å². The summed E-state index contributed by atoms with van der Waals surface area (Å²) < 4.78 is 0. The van der Waals surface area contributed by atoms with Crippen molar-refractivity contribution in [2.75, 3.05) is 5.32 Å². The maximum atomic E-state index is 11.6. The first-order valence-electron chi connectivity index (χ1n) is 5.80. The zero-order valence-electron chi connectivity index (χ0n) is 10.4. The molecule has 0 bridgehead atoms. The molecule has 1 aromatic heterocycles. The molecule has 0 radical (unpaired) electrons. The largest absolute Gasteiger partial charge is 0.342 e. The lowest BCUT2D eigenvalue weighted by Crippen LogP contribution is -2.12. The lowest BCUT2D eigenvalue weighted by atomic mass is 10.2. The van der Waals surface area contributed by atoms with E-state index < -0.39 is 0 Å². The Bertz CT molecular complexity index is 601. The van der Waals surface area contributed by atoms with E-state index in [-0.39, 0.29) is 24.5 Å². The number of Topliss-reactive ketones (excluding diaryl/α,β-unsaturated/α-hetero) is 1. The van der Waals surface area contributed by atoms with E-state index in [1.807, 2.05) is 19.1 Å². The summed E-state index contributed by atoms with van der Waals surface area (Å²) in [4.78, 5) is 29.7. The number of carbonyl (C=O) groups is 2. The number of imidazole rings is 1. The molecule has 94 valence electrons. The van der Waals surface area contributed by atoms with E-state index in [2.05, 4.69) is 15.3 Å². The zero-order chi connectivity index (χ0) is 13.1. The number of H-pyrrole nitrogens is 1. The SMILES string of the molecule is CC(=O)CCC(=O)Nc1ccc2nc(C)[nH]c2c1. The van der Waals surface area contributed by atoms with Crippen molar-refractivity contribution in [3.8, 4) is 0 Å². The molecule has 5 heteroatoms. The van der Waals surface area contributed by atoms with Crippen LogP contribution in [0, 0.1) is 6.92 Å². The Balaban J connectivity index is 2.07. The molecule has 2 rings (SSSR count). The summed E-state index contributed by atoms with van der Waals surface area (Å²) in [5.41, 5.74) is 2.46. The Kier molecular flexibility index (Phi) is 3.41. The molecular formula is C13H15N3O2. The third-order valence-electron chi connectivity index (χ3n) is 2.59. The van der Waals surface area contributed by atoms with Crippen molar-refractivity contribution in [3.63, 3.8) is 0 Å². The van der Waals surface area contributed by atoms with Crippen LogP contribution in [0.3, 0.4) is 0 Å². The highest BCUT2D eigenvalue weighted by Gasteiger charge is 2.06. The van der Waals surface area contributed by atoms with E-state index in [1.54, 1.807) is 6.07 Å². The maximum absolute atomic E-state index is 11.6. The number of fused-ring (bicyclic) bond motifs is 1. The van der Waals surface area contributed by atoms with Gasteiger partial charge in [0, 0.05) is 18.5 Å². The quantitative estimate of drug-likeness (QED) is 0.866. The van der Waals surface area contributed by atoms with E-state index in [1.165, 1.54) is 6.92 Å². The van der Waals surface area contributed by atoms with Crippen LogP contribution in [0.2, 0.25) is 0 Å². The van der Waals surface area contributed by atoms with E-state index >= 15 is 0 Å². The molecule has 0 spiro atoms. The molecule has 0 aliphatic heterocycles. The monoisotopic (exact) mass is 245 g/mol. The van der Waals surface area contributed by atoms with Gasteiger partial charge in [0.15, 0.2) is 0 Å². The summed E-state index contributed by atoms with van der Waals surface area (Å²) in [5, 5.41) is 2.76. The Morgan fingerprint density at radius 2 is 2.11 bits per heavy atom. The van der Waals surface area contributed by atoms with Gasteiger partial charge in [0.2, 0.25) is 5.91 Å². The van der Waals surface area contributed by atoms with Crippen LogP contribution in [0.25, 0.3) is 11.0 Å². The molecule has 0 aliphatic rings. The number of aromatic amines is 1. The van der Waals surface area contributed by atoms with Gasteiger partial charge in [-0.05, 0) is 32.0 Å². The molecule has 1 aromatic carbocycles. The van der Waals surface area contributed by atoms with Gasteiger partial charge >= 0.3 is 0 Å². The Labute approximate surface area is 105 Å². The molecule has 18 heavy (non-hydrogen) atoms. The number of ketones is 1. The number of anilines is 1. The average molecular weight is 245 g/mol. The van der Waals surface area contributed by atoms with Gasteiger partial charge in [0.05, 0.1) is 11.0 Å².